The minimum Gasteiger partial charge on any atom is -0.329 e. The summed E-state index contributed by atoms with van der Waals surface area (Å²) in [5.74, 6) is 1.10. The Morgan fingerprint density at radius 1 is 1.11 bits per heavy atom. The molecule has 2 aliphatic rings. The van der Waals surface area contributed by atoms with Crippen molar-refractivity contribution in [2.45, 2.75) is 63.6 Å². The predicted molar refractivity (Wildman–Crippen MR) is 74.5 cm³/mol. The number of nitrogens with two attached hydrogens (primary N) is 1. The predicted octanol–water partition coefficient (Wildman–Crippen LogP) is 1.54. The van der Waals surface area contributed by atoms with Crippen LogP contribution in [0.2, 0.25) is 0 Å². The van der Waals surface area contributed by atoms with E-state index in [9.17, 15) is 0 Å². The molecule has 0 bridgehead atoms. The zero-order chi connectivity index (χ0) is 13.1. The molecule has 1 saturated carbocycles. The van der Waals surface area contributed by atoms with Crippen LogP contribution in [-0.4, -0.2) is 38.3 Å². The molecule has 5 nitrogen and oxygen atoms in total. The van der Waals surface area contributed by atoms with Crippen molar-refractivity contribution < 1.29 is 0 Å². The molecule has 0 aromatic carbocycles. The van der Waals surface area contributed by atoms with E-state index in [-0.39, 0.29) is 5.54 Å². The second-order valence-corrected chi connectivity index (χ2v) is 6.06. The maximum atomic E-state index is 6.20. The van der Waals surface area contributed by atoms with Crippen LogP contribution in [0.15, 0.2) is 6.33 Å². The second kappa shape index (κ2) is 5.59. The Labute approximate surface area is 115 Å². The Balaban J connectivity index is 1.77. The molecule has 19 heavy (non-hydrogen) atoms. The number of hydrogen-bond donors (Lipinski definition) is 1. The molecule has 0 unspecified atom stereocenters. The van der Waals surface area contributed by atoms with Crippen LogP contribution in [0.5, 0.6) is 0 Å². The Bertz CT molecular complexity index is 406. The molecule has 0 radical (unpaired) electrons. The highest BCUT2D eigenvalue weighted by molar-refractivity contribution is 4.99. The second-order valence-electron chi connectivity index (χ2n) is 6.06. The smallest absolute Gasteiger partial charge is 0.147 e. The van der Waals surface area contributed by atoms with E-state index in [1.54, 1.807) is 0 Å². The van der Waals surface area contributed by atoms with Gasteiger partial charge in [-0.05, 0) is 12.8 Å². The molecule has 0 spiro atoms. The van der Waals surface area contributed by atoms with Gasteiger partial charge in [-0.3, -0.25) is 4.90 Å². The lowest BCUT2D eigenvalue weighted by Gasteiger charge is -2.46. The molecular weight excluding hydrogens is 238 g/mol. The summed E-state index contributed by atoms with van der Waals surface area (Å²) in [5.41, 5.74) is 6.41. The number of fused-ring (bicyclic) bond motifs is 1. The van der Waals surface area contributed by atoms with Crippen LogP contribution < -0.4 is 5.73 Å². The van der Waals surface area contributed by atoms with Crippen LogP contribution in [0.1, 0.15) is 50.8 Å². The van der Waals surface area contributed by atoms with Crippen LogP contribution in [0.3, 0.4) is 0 Å². The first kappa shape index (κ1) is 13.1. The lowest BCUT2D eigenvalue weighted by atomic mass is 9.82. The lowest BCUT2D eigenvalue weighted by molar-refractivity contribution is 0.0404. The van der Waals surface area contributed by atoms with Crippen molar-refractivity contribution in [3.8, 4) is 0 Å². The molecule has 1 aliphatic heterocycles. The summed E-state index contributed by atoms with van der Waals surface area (Å²) in [6.07, 6.45) is 11.1. The Morgan fingerprint density at radius 3 is 2.58 bits per heavy atom. The largest absolute Gasteiger partial charge is 0.329 e. The first-order valence-corrected chi connectivity index (χ1v) is 7.66. The van der Waals surface area contributed by atoms with Gasteiger partial charge in [-0.1, -0.05) is 32.1 Å². The number of nitrogens with zero attached hydrogens (tertiary/aromatic N) is 4. The van der Waals surface area contributed by atoms with E-state index in [4.69, 9.17) is 5.73 Å². The highest BCUT2D eigenvalue weighted by atomic mass is 15.3. The number of aromatic nitrogens is 3. The third-order valence-electron chi connectivity index (χ3n) is 4.97. The van der Waals surface area contributed by atoms with Crippen molar-refractivity contribution in [2.24, 2.45) is 5.73 Å². The van der Waals surface area contributed by atoms with E-state index in [0.29, 0.717) is 0 Å². The number of rotatable bonds is 2. The molecule has 0 saturated heterocycles. The SMILES string of the molecule is NCC1(N2CCn3cnnc3C2)CCCCCCC1. The van der Waals surface area contributed by atoms with Crippen molar-refractivity contribution in [1.29, 1.82) is 0 Å². The summed E-state index contributed by atoms with van der Waals surface area (Å²) in [7, 11) is 0. The van der Waals surface area contributed by atoms with Gasteiger partial charge in [-0.2, -0.15) is 0 Å². The van der Waals surface area contributed by atoms with Gasteiger partial charge in [0.1, 0.15) is 12.2 Å². The van der Waals surface area contributed by atoms with Crippen LogP contribution in [0.4, 0.5) is 0 Å². The van der Waals surface area contributed by atoms with E-state index in [1.165, 1.54) is 44.9 Å². The van der Waals surface area contributed by atoms with Crippen molar-refractivity contribution in [3.63, 3.8) is 0 Å². The zero-order valence-corrected chi connectivity index (χ0v) is 11.7. The standard InChI is InChI=1S/C14H25N5/c15-11-14(6-4-2-1-3-5-7-14)19-9-8-18-12-16-17-13(18)10-19/h12H,1-11,15H2. The highest BCUT2D eigenvalue weighted by Crippen LogP contribution is 2.33. The van der Waals surface area contributed by atoms with Gasteiger partial charge in [-0.15, -0.1) is 10.2 Å². The molecule has 1 aromatic heterocycles. The molecule has 0 amide bonds. The van der Waals surface area contributed by atoms with E-state index < -0.39 is 0 Å². The van der Waals surface area contributed by atoms with Gasteiger partial charge < -0.3 is 10.3 Å². The molecule has 2 heterocycles. The van der Waals surface area contributed by atoms with Gasteiger partial charge in [-0.25, -0.2) is 0 Å². The minimum absolute atomic E-state index is 0.206. The fraction of sp³-hybridized carbons (Fsp3) is 0.857. The van der Waals surface area contributed by atoms with E-state index >= 15 is 0 Å². The summed E-state index contributed by atoms with van der Waals surface area (Å²) in [4.78, 5) is 2.59. The summed E-state index contributed by atoms with van der Waals surface area (Å²) in [6, 6.07) is 0. The maximum absolute atomic E-state index is 6.20. The molecule has 1 aromatic rings. The molecule has 106 valence electrons. The average molecular weight is 263 g/mol. The number of hydrogen-bond acceptors (Lipinski definition) is 4. The molecule has 5 heteroatoms. The van der Waals surface area contributed by atoms with Gasteiger partial charge in [0, 0.05) is 25.2 Å². The van der Waals surface area contributed by atoms with Crippen LogP contribution in [0.25, 0.3) is 0 Å². The quantitative estimate of drug-likeness (QED) is 0.879. The maximum Gasteiger partial charge on any atom is 0.147 e. The minimum atomic E-state index is 0.206. The first-order chi connectivity index (χ1) is 9.34. The fourth-order valence-corrected chi connectivity index (χ4v) is 3.68. The average Bonchev–Trinajstić information content (AvgIpc) is 2.86. The van der Waals surface area contributed by atoms with Crippen molar-refractivity contribution in [1.82, 2.24) is 19.7 Å². The summed E-state index contributed by atoms with van der Waals surface area (Å²) in [6.45, 7) is 3.78. The third kappa shape index (κ3) is 2.54. The fourth-order valence-electron chi connectivity index (χ4n) is 3.68. The monoisotopic (exact) mass is 263 g/mol. The van der Waals surface area contributed by atoms with Crippen LogP contribution >= 0.6 is 0 Å². The first-order valence-electron chi connectivity index (χ1n) is 7.66. The Morgan fingerprint density at radius 2 is 1.84 bits per heavy atom. The molecular formula is C14H25N5. The van der Waals surface area contributed by atoms with Crippen LogP contribution in [0, 0.1) is 0 Å². The van der Waals surface area contributed by atoms with Gasteiger partial charge in [0.2, 0.25) is 0 Å². The van der Waals surface area contributed by atoms with E-state index in [0.717, 1.165) is 32.0 Å². The lowest BCUT2D eigenvalue weighted by Crippen LogP contribution is -2.56. The highest BCUT2D eigenvalue weighted by Gasteiger charge is 2.37. The van der Waals surface area contributed by atoms with Gasteiger partial charge in [0.05, 0.1) is 6.54 Å². The molecule has 1 fully saturated rings. The Kier molecular flexibility index (Phi) is 3.84. The summed E-state index contributed by atoms with van der Waals surface area (Å²) >= 11 is 0. The van der Waals surface area contributed by atoms with E-state index in [1.807, 2.05) is 6.33 Å². The zero-order valence-electron chi connectivity index (χ0n) is 11.7. The topological polar surface area (TPSA) is 60.0 Å². The molecule has 0 atom stereocenters. The van der Waals surface area contributed by atoms with Gasteiger partial charge >= 0.3 is 0 Å². The normalized spacial score (nSPS) is 24.5. The Hall–Kier alpha value is -0.940. The molecule has 3 rings (SSSR count). The van der Waals surface area contributed by atoms with Crippen molar-refractivity contribution in [3.05, 3.63) is 12.2 Å². The van der Waals surface area contributed by atoms with E-state index in [2.05, 4.69) is 19.7 Å². The summed E-state index contributed by atoms with van der Waals surface area (Å²) < 4.78 is 2.17. The van der Waals surface area contributed by atoms with Crippen molar-refractivity contribution >= 4 is 0 Å². The summed E-state index contributed by atoms with van der Waals surface area (Å²) in [5, 5.41) is 8.26. The molecule has 2 N–H and O–H groups in total. The molecule has 1 aliphatic carbocycles. The third-order valence-corrected chi connectivity index (χ3v) is 4.97. The van der Waals surface area contributed by atoms with Crippen molar-refractivity contribution in [2.75, 3.05) is 13.1 Å². The van der Waals surface area contributed by atoms with Crippen LogP contribution in [-0.2, 0) is 13.1 Å². The van der Waals surface area contributed by atoms with Gasteiger partial charge in [0.25, 0.3) is 0 Å². The van der Waals surface area contributed by atoms with Gasteiger partial charge in [0.15, 0.2) is 0 Å².